The number of amides is 1. The largest absolute Gasteiger partial charge is 0.493 e. The normalized spacial score (nSPS) is 12.6. The number of ether oxygens (including phenoxy) is 2. The van der Waals surface area contributed by atoms with Gasteiger partial charge in [0, 0.05) is 17.6 Å². The molecule has 1 aliphatic rings. The Morgan fingerprint density at radius 1 is 1.05 bits per heavy atom. The second kappa shape index (κ2) is 13.3. The average molecular weight is 681 g/mol. The van der Waals surface area contributed by atoms with Gasteiger partial charge in [-0.25, -0.2) is 9.79 Å². The number of aromatic carboxylic acids is 1. The zero-order chi connectivity index (χ0) is 28.8. The van der Waals surface area contributed by atoms with E-state index in [-0.39, 0.29) is 18.1 Å². The second-order valence-electron chi connectivity index (χ2n) is 9.65. The van der Waals surface area contributed by atoms with Gasteiger partial charge in [-0.3, -0.25) is 4.79 Å². The third-order valence-corrected chi connectivity index (χ3v) is 8.82. The Kier molecular flexibility index (Phi) is 9.35. The Morgan fingerprint density at radius 3 is 2.61 bits per heavy atom. The third-order valence-electron chi connectivity index (χ3n) is 6.82. The molecule has 1 aromatic heterocycles. The highest BCUT2D eigenvalue weighted by molar-refractivity contribution is 14.1. The van der Waals surface area contributed by atoms with Crippen LogP contribution in [0.2, 0.25) is 0 Å². The van der Waals surface area contributed by atoms with Gasteiger partial charge in [-0.1, -0.05) is 42.5 Å². The fourth-order valence-electron chi connectivity index (χ4n) is 4.78. The predicted octanol–water partition coefficient (Wildman–Crippen LogP) is 7.20. The minimum absolute atomic E-state index is 0.0942. The molecule has 1 aliphatic carbocycles. The van der Waals surface area contributed by atoms with Gasteiger partial charge in [0.1, 0.15) is 11.6 Å². The number of halogens is 1. The van der Waals surface area contributed by atoms with Crippen LogP contribution < -0.4 is 14.8 Å². The molecule has 41 heavy (non-hydrogen) atoms. The molecule has 7 nitrogen and oxygen atoms in total. The summed E-state index contributed by atoms with van der Waals surface area (Å²) in [6.45, 7) is 0.661. The van der Waals surface area contributed by atoms with Gasteiger partial charge in [-0.05, 0) is 94.8 Å². The van der Waals surface area contributed by atoms with Gasteiger partial charge >= 0.3 is 5.97 Å². The molecule has 0 aliphatic heterocycles. The van der Waals surface area contributed by atoms with E-state index >= 15 is 0 Å². The van der Waals surface area contributed by atoms with Gasteiger partial charge < -0.3 is 19.9 Å². The van der Waals surface area contributed by atoms with Crippen molar-refractivity contribution in [1.82, 2.24) is 5.32 Å². The number of aliphatic imine (C=N–C) groups is 1. The van der Waals surface area contributed by atoms with Gasteiger partial charge in [0.15, 0.2) is 11.5 Å². The number of benzene rings is 3. The SMILES string of the molecule is COc1cc(C=Nc2sc3c(c2C(=O)NCc2ccccc2)CCCC3)cc(I)c1OCc1cccc(C(=O)O)c1. The first-order chi connectivity index (χ1) is 19.9. The third kappa shape index (κ3) is 6.97. The molecule has 0 radical (unpaired) electrons. The molecule has 0 unspecified atom stereocenters. The molecule has 2 N–H and O–H groups in total. The number of carbonyl (C=O) groups excluding carboxylic acids is 1. The molecule has 0 spiro atoms. The van der Waals surface area contributed by atoms with Crippen LogP contribution in [0.3, 0.4) is 0 Å². The van der Waals surface area contributed by atoms with Crippen molar-refractivity contribution < 1.29 is 24.2 Å². The summed E-state index contributed by atoms with van der Waals surface area (Å²) in [5.74, 6) is 0.0342. The van der Waals surface area contributed by atoms with Crippen molar-refractivity contribution >= 4 is 57.0 Å². The van der Waals surface area contributed by atoms with Crippen LogP contribution in [-0.2, 0) is 26.0 Å². The van der Waals surface area contributed by atoms with Gasteiger partial charge in [-0.2, -0.15) is 0 Å². The molecule has 1 amide bonds. The number of nitrogens with one attached hydrogen (secondary N) is 1. The lowest BCUT2D eigenvalue weighted by Crippen LogP contribution is -2.24. The minimum Gasteiger partial charge on any atom is -0.493 e. The number of carboxylic acid groups (broad SMARTS) is 1. The molecular weight excluding hydrogens is 651 g/mol. The number of carbonyl (C=O) groups is 2. The molecular formula is C32H29IN2O5S. The van der Waals surface area contributed by atoms with Crippen molar-refractivity contribution in [3.05, 3.63) is 109 Å². The molecule has 210 valence electrons. The van der Waals surface area contributed by atoms with Gasteiger partial charge in [0.05, 0.1) is 21.8 Å². The molecule has 9 heteroatoms. The highest BCUT2D eigenvalue weighted by Gasteiger charge is 2.25. The topological polar surface area (TPSA) is 97.2 Å². The second-order valence-corrected chi connectivity index (χ2v) is 11.9. The molecule has 5 rings (SSSR count). The number of thiophene rings is 1. The van der Waals surface area contributed by atoms with E-state index in [0.29, 0.717) is 23.6 Å². The van der Waals surface area contributed by atoms with Gasteiger partial charge in [-0.15, -0.1) is 11.3 Å². The van der Waals surface area contributed by atoms with Gasteiger partial charge in [0.2, 0.25) is 0 Å². The number of hydrogen-bond donors (Lipinski definition) is 2. The van der Waals surface area contributed by atoms with Crippen LogP contribution >= 0.6 is 33.9 Å². The lowest BCUT2D eigenvalue weighted by molar-refractivity contribution is 0.0696. The van der Waals surface area contributed by atoms with Crippen LogP contribution in [0.1, 0.15) is 60.7 Å². The Morgan fingerprint density at radius 2 is 1.83 bits per heavy atom. The van der Waals surface area contributed by atoms with E-state index in [1.165, 1.54) is 4.88 Å². The van der Waals surface area contributed by atoms with E-state index < -0.39 is 5.97 Å². The van der Waals surface area contributed by atoms with Crippen LogP contribution in [0.4, 0.5) is 5.00 Å². The zero-order valence-electron chi connectivity index (χ0n) is 22.5. The summed E-state index contributed by atoms with van der Waals surface area (Å²) in [6, 6.07) is 20.3. The first-order valence-corrected chi connectivity index (χ1v) is 15.2. The Balaban J connectivity index is 1.37. The molecule has 0 bridgehead atoms. The standard InChI is InChI=1S/C32H29IN2O5S/c1-39-26-16-22(15-25(33)29(26)40-19-21-10-7-11-23(14-21)32(37)38)18-35-31-28(24-12-5-6-13-27(24)41-31)30(36)34-17-20-8-3-2-4-9-20/h2-4,7-11,14-16,18H,5-6,12-13,17,19H2,1H3,(H,34,36)(H,37,38). The molecule has 4 aromatic rings. The summed E-state index contributed by atoms with van der Waals surface area (Å²) in [6.07, 6.45) is 5.82. The van der Waals surface area contributed by atoms with E-state index in [1.807, 2.05) is 48.5 Å². The number of hydrogen-bond acceptors (Lipinski definition) is 6. The van der Waals surface area contributed by atoms with E-state index in [1.54, 1.807) is 42.9 Å². The maximum absolute atomic E-state index is 13.4. The molecule has 0 atom stereocenters. The maximum atomic E-state index is 13.4. The number of nitrogens with zero attached hydrogens (tertiary/aromatic N) is 1. The monoisotopic (exact) mass is 680 g/mol. The van der Waals surface area contributed by atoms with Crippen molar-refractivity contribution in [2.45, 2.75) is 38.8 Å². The zero-order valence-corrected chi connectivity index (χ0v) is 25.5. The number of aryl methyl sites for hydroxylation is 1. The fourth-order valence-corrected chi connectivity index (χ4v) is 6.79. The van der Waals surface area contributed by atoms with E-state index in [2.05, 4.69) is 27.9 Å². The predicted molar refractivity (Wildman–Crippen MR) is 169 cm³/mol. The summed E-state index contributed by atoms with van der Waals surface area (Å²) in [5.41, 5.74) is 4.63. The maximum Gasteiger partial charge on any atom is 0.335 e. The summed E-state index contributed by atoms with van der Waals surface area (Å²) in [7, 11) is 1.58. The van der Waals surface area contributed by atoms with E-state index in [4.69, 9.17) is 14.5 Å². The number of methoxy groups -OCH3 is 1. The van der Waals surface area contributed by atoms with E-state index in [0.717, 1.165) is 56.5 Å². The smallest absolute Gasteiger partial charge is 0.335 e. The Bertz CT molecular complexity index is 1600. The first kappa shape index (κ1) is 28.8. The quantitative estimate of drug-likeness (QED) is 0.137. The lowest BCUT2D eigenvalue weighted by atomic mass is 9.95. The van der Waals surface area contributed by atoms with Gasteiger partial charge in [0.25, 0.3) is 5.91 Å². The summed E-state index contributed by atoms with van der Waals surface area (Å²) in [4.78, 5) is 30.7. The van der Waals surface area contributed by atoms with Crippen LogP contribution in [0.15, 0.2) is 71.7 Å². The van der Waals surface area contributed by atoms with Crippen molar-refractivity contribution in [3.63, 3.8) is 0 Å². The minimum atomic E-state index is -0.980. The summed E-state index contributed by atoms with van der Waals surface area (Å²) in [5, 5.41) is 13.1. The molecule has 0 fully saturated rings. The van der Waals surface area contributed by atoms with Crippen LogP contribution in [0.25, 0.3) is 0 Å². The molecule has 1 heterocycles. The summed E-state index contributed by atoms with van der Waals surface area (Å²) >= 11 is 3.79. The van der Waals surface area contributed by atoms with E-state index in [9.17, 15) is 14.7 Å². The first-order valence-electron chi connectivity index (χ1n) is 13.3. The lowest BCUT2D eigenvalue weighted by Gasteiger charge is -2.14. The molecule has 0 saturated carbocycles. The highest BCUT2D eigenvalue weighted by atomic mass is 127. The van der Waals surface area contributed by atoms with Crippen LogP contribution in [0, 0.1) is 3.57 Å². The molecule has 0 saturated heterocycles. The van der Waals surface area contributed by atoms with Crippen molar-refractivity contribution in [3.8, 4) is 11.5 Å². The van der Waals surface area contributed by atoms with Crippen molar-refractivity contribution in [2.75, 3.05) is 7.11 Å². The fraction of sp³-hybridized carbons (Fsp3) is 0.219. The number of rotatable bonds is 10. The number of carboxylic acids is 1. The van der Waals surface area contributed by atoms with Crippen molar-refractivity contribution in [2.24, 2.45) is 4.99 Å². The highest BCUT2D eigenvalue weighted by Crippen LogP contribution is 2.40. The Hall–Kier alpha value is -3.70. The Labute approximate surface area is 256 Å². The van der Waals surface area contributed by atoms with Crippen LogP contribution in [0.5, 0.6) is 11.5 Å². The van der Waals surface area contributed by atoms with Crippen LogP contribution in [-0.4, -0.2) is 30.3 Å². The average Bonchev–Trinajstić information content (AvgIpc) is 3.37. The number of fused-ring (bicyclic) bond motifs is 1. The molecule has 3 aromatic carbocycles. The van der Waals surface area contributed by atoms with Crippen molar-refractivity contribution in [1.29, 1.82) is 0 Å². The summed E-state index contributed by atoms with van der Waals surface area (Å²) < 4.78 is 12.5.